The molecule has 7 heteroatoms. The summed E-state index contributed by atoms with van der Waals surface area (Å²) in [4.78, 5) is 22.7. The van der Waals surface area contributed by atoms with Gasteiger partial charge in [0.1, 0.15) is 6.67 Å². The molecule has 0 atom stereocenters. The van der Waals surface area contributed by atoms with Crippen molar-refractivity contribution in [3.63, 3.8) is 0 Å². The number of carbonyl (C=O) groups excluding carboxylic acids is 1. The zero-order chi connectivity index (χ0) is 12.7. The minimum absolute atomic E-state index is 0. The van der Waals surface area contributed by atoms with Gasteiger partial charge in [-0.25, -0.2) is 9.18 Å². The fourth-order valence-corrected chi connectivity index (χ4v) is 1.26. The molecule has 0 radical (unpaired) electrons. The van der Waals surface area contributed by atoms with Gasteiger partial charge >= 0.3 is 5.97 Å². The van der Waals surface area contributed by atoms with Crippen molar-refractivity contribution < 1.29 is 18.7 Å². The summed E-state index contributed by atoms with van der Waals surface area (Å²) >= 11 is 0. The number of rotatable bonds is 6. The van der Waals surface area contributed by atoms with Crippen LogP contribution in [-0.4, -0.2) is 37.5 Å². The maximum Gasteiger partial charge on any atom is 0.339 e. The van der Waals surface area contributed by atoms with Crippen LogP contribution in [0.4, 0.5) is 4.39 Å². The summed E-state index contributed by atoms with van der Waals surface area (Å²) in [5.41, 5.74) is 0.0408. The van der Waals surface area contributed by atoms with E-state index in [2.05, 4.69) is 4.74 Å². The second kappa shape index (κ2) is 8.71. The topological polar surface area (TPSA) is 57.5 Å². The summed E-state index contributed by atoms with van der Waals surface area (Å²) in [5, 5.41) is 0. The standard InChI is InChI=1S/C11H14FNO4.H2S/c1-16-11(15)9-2-3-10(14)13(8-9)5-7-17-6-4-12;/h2-3,8H,4-7H2,1H3;1H2. The lowest BCUT2D eigenvalue weighted by atomic mass is 10.3. The van der Waals surface area contributed by atoms with Crippen LogP contribution in [0.1, 0.15) is 10.4 Å². The van der Waals surface area contributed by atoms with Gasteiger partial charge in [-0.3, -0.25) is 4.79 Å². The van der Waals surface area contributed by atoms with Gasteiger partial charge in [-0.1, -0.05) is 0 Å². The molecule has 0 bridgehead atoms. The molecule has 0 fully saturated rings. The van der Waals surface area contributed by atoms with Crippen molar-refractivity contribution >= 4 is 19.5 Å². The number of pyridine rings is 1. The molecule has 0 unspecified atom stereocenters. The van der Waals surface area contributed by atoms with Crippen LogP contribution in [0.5, 0.6) is 0 Å². The number of hydrogen-bond donors (Lipinski definition) is 0. The highest BCUT2D eigenvalue weighted by Gasteiger charge is 2.06. The molecule has 1 heterocycles. The van der Waals surface area contributed by atoms with Crippen molar-refractivity contribution in [2.24, 2.45) is 0 Å². The Morgan fingerprint density at radius 2 is 2.11 bits per heavy atom. The monoisotopic (exact) mass is 277 g/mol. The second-order valence-corrected chi connectivity index (χ2v) is 3.24. The SMILES string of the molecule is COC(=O)c1ccc(=O)n(CCOCCF)c1.S. The van der Waals surface area contributed by atoms with E-state index in [0.717, 1.165) is 0 Å². The minimum atomic E-state index is -0.558. The molecule has 102 valence electrons. The van der Waals surface area contributed by atoms with Crippen LogP contribution in [0, 0.1) is 0 Å². The molecule has 0 amide bonds. The van der Waals surface area contributed by atoms with Gasteiger partial charge in [0.15, 0.2) is 0 Å². The fraction of sp³-hybridized carbons (Fsp3) is 0.455. The number of carbonyl (C=O) groups is 1. The second-order valence-electron chi connectivity index (χ2n) is 3.24. The number of esters is 1. The van der Waals surface area contributed by atoms with Crippen molar-refractivity contribution in [1.29, 1.82) is 0 Å². The third-order valence-corrected chi connectivity index (χ3v) is 2.10. The fourth-order valence-electron chi connectivity index (χ4n) is 1.26. The molecule has 0 saturated heterocycles. The summed E-state index contributed by atoms with van der Waals surface area (Å²) in [6, 6.07) is 2.68. The molecule has 5 nitrogen and oxygen atoms in total. The first-order chi connectivity index (χ1) is 8.19. The summed E-state index contributed by atoms with van der Waals surface area (Å²) < 4.78 is 22.5. The highest BCUT2D eigenvalue weighted by Crippen LogP contribution is 1.98. The van der Waals surface area contributed by atoms with Gasteiger partial charge in [0.2, 0.25) is 0 Å². The quantitative estimate of drug-likeness (QED) is 0.568. The van der Waals surface area contributed by atoms with Gasteiger partial charge in [-0.15, -0.1) is 0 Å². The van der Waals surface area contributed by atoms with Crippen LogP contribution in [0.2, 0.25) is 0 Å². The molecule has 0 aliphatic carbocycles. The zero-order valence-corrected chi connectivity index (χ0v) is 11.0. The van der Waals surface area contributed by atoms with E-state index in [0.29, 0.717) is 0 Å². The zero-order valence-electron chi connectivity index (χ0n) is 10.0. The third kappa shape index (κ3) is 4.89. The van der Waals surface area contributed by atoms with E-state index >= 15 is 0 Å². The van der Waals surface area contributed by atoms with Crippen LogP contribution in [0.15, 0.2) is 23.1 Å². The van der Waals surface area contributed by atoms with Gasteiger partial charge in [0.05, 0.1) is 25.9 Å². The van der Waals surface area contributed by atoms with E-state index in [9.17, 15) is 14.0 Å². The van der Waals surface area contributed by atoms with Gasteiger partial charge in [-0.2, -0.15) is 13.5 Å². The third-order valence-electron chi connectivity index (χ3n) is 2.10. The first-order valence-electron chi connectivity index (χ1n) is 5.11. The van der Waals surface area contributed by atoms with Crippen LogP contribution in [-0.2, 0) is 16.0 Å². The van der Waals surface area contributed by atoms with E-state index in [4.69, 9.17) is 4.74 Å². The van der Waals surface area contributed by atoms with E-state index in [-0.39, 0.29) is 44.4 Å². The predicted octanol–water partition coefficient (Wildman–Crippen LogP) is 0.734. The van der Waals surface area contributed by atoms with E-state index in [1.165, 1.54) is 30.0 Å². The summed E-state index contributed by atoms with van der Waals surface area (Å²) in [7, 11) is 1.27. The smallest absolute Gasteiger partial charge is 0.339 e. The first-order valence-corrected chi connectivity index (χ1v) is 5.11. The number of aromatic nitrogens is 1. The molecule has 1 aromatic heterocycles. The Kier molecular flexibility index (Phi) is 8.06. The van der Waals surface area contributed by atoms with Crippen molar-refractivity contribution in [2.75, 3.05) is 27.0 Å². The maximum absolute atomic E-state index is 11.8. The van der Waals surface area contributed by atoms with Crippen LogP contribution < -0.4 is 5.56 Å². The van der Waals surface area contributed by atoms with Gasteiger partial charge in [0, 0.05) is 18.8 Å². The van der Waals surface area contributed by atoms with E-state index in [1.54, 1.807) is 0 Å². The lowest BCUT2D eigenvalue weighted by Gasteiger charge is -2.07. The van der Waals surface area contributed by atoms with Crippen molar-refractivity contribution in [3.8, 4) is 0 Å². The molecule has 18 heavy (non-hydrogen) atoms. The molecule has 0 aliphatic heterocycles. The summed E-state index contributed by atoms with van der Waals surface area (Å²) in [6.45, 7) is -0.0688. The minimum Gasteiger partial charge on any atom is -0.465 e. The summed E-state index contributed by atoms with van der Waals surface area (Å²) in [5.74, 6) is -0.511. The Labute approximate surface area is 111 Å². The van der Waals surface area contributed by atoms with Crippen molar-refractivity contribution in [2.45, 2.75) is 6.54 Å². The molecule has 1 rings (SSSR count). The van der Waals surface area contributed by atoms with Crippen LogP contribution in [0.25, 0.3) is 0 Å². The van der Waals surface area contributed by atoms with Crippen molar-refractivity contribution in [1.82, 2.24) is 4.57 Å². The lowest BCUT2D eigenvalue weighted by molar-refractivity contribution is 0.0599. The lowest BCUT2D eigenvalue weighted by Crippen LogP contribution is -2.23. The molecule has 0 aromatic carbocycles. The number of methoxy groups -OCH3 is 1. The first kappa shape index (κ1) is 16.7. The highest BCUT2D eigenvalue weighted by molar-refractivity contribution is 7.59. The summed E-state index contributed by atoms with van der Waals surface area (Å²) in [6.07, 6.45) is 1.40. The number of ether oxygens (including phenoxy) is 2. The van der Waals surface area contributed by atoms with Crippen molar-refractivity contribution in [3.05, 3.63) is 34.2 Å². The Hall–Kier alpha value is -1.34. The normalized spacial score (nSPS) is 9.67. The van der Waals surface area contributed by atoms with E-state index < -0.39 is 12.6 Å². The molecule has 0 saturated carbocycles. The molecule has 1 aromatic rings. The van der Waals surface area contributed by atoms with Gasteiger partial charge in [-0.05, 0) is 6.07 Å². The average molecular weight is 277 g/mol. The number of hydrogen-bond acceptors (Lipinski definition) is 4. The predicted molar refractivity (Wildman–Crippen MR) is 69.2 cm³/mol. The number of halogens is 1. The Morgan fingerprint density at radius 1 is 1.39 bits per heavy atom. The maximum atomic E-state index is 11.8. The largest absolute Gasteiger partial charge is 0.465 e. The molecular weight excluding hydrogens is 261 g/mol. The highest BCUT2D eigenvalue weighted by atomic mass is 32.1. The molecular formula is C11H16FNO4S. The number of alkyl halides is 1. The Bertz CT molecular complexity index is 435. The Morgan fingerprint density at radius 3 is 2.72 bits per heavy atom. The van der Waals surface area contributed by atoms with Gasteiger partial charge < -0.3 is 14.0 Å². The van der Waals surface area contributed by atoms with Crippen LogP contribution >= 0.6 is 13.5 Å². The molecule has 0 N–H and O–H groups in total. The molecule has 0 aliphatic rings. The van der Waals surface area contributed by atoms with Gasteiger partial charge in [0.25, 0.3) is 5.56 Å². The van der Waals surface area contributed by atoms with Crippen LogP contribution in [0.3, 0.4) is 0 Å². The number of nitrogens with zero attached hydrogens (tertiary/aromatic N) is 1. The van der Waals surface area contributed by atoms with E-state index in [1.807, 2.05) is 0 Å². The Balaban J connectivity index is 0.00000289. The molecule has 0 spiro atoms. The average Bonchev–Trinajstić information content (AvgIpc) is 2.35.